The van der Waals surface area contributed by atoms with Crippen LogP contribution in [0.15, 0.2) is 66.7 Å². The minimum atomic E-state index is -0.148. The molecule has 0 unspecified atom stereocenters. The molecule has 0 bridgehead atoms. The Bertz CT molecular complexity index is 1090. The van der Waals surface area contributed by atoms with Crippen molar-refractivity contribution in [1.82, 2.24) is 15.1 Å². The van der Waals surface area contributed by atoms with Crippen molar-refractivity contribution in [2.45, 2.75) is 13.0 Å². The maximum Gasteiger partial charge on any atom is 0.251 e. The molecule has 32 heavy (non-hydrogen) atoms. The summed E-state index contributed by atoms with van der Waals surface area (Å²) in [5.41, 5.74) is 1.77. The van der Waals surface area contributed by atoms with Crippen LogP contribution >= 0.6 is 0 Å². The molecule has 1 aliphatic rings. The topological polar surface area (TPSA) is 61.9 Å². The summed E-state index contributed by atoms with van der Waals surface area (Å²) in [4.78, 5) is 29.3. The Kier molecular flexibility index (Phi) is 7.02. The van der Waals surface area contributed by atoms with Gasteiger partial charge >= 0.3 is 0 Å². The van der Waals surface area contributed by atoms with E-state index in [1.54, 1.807) is 7.11 Å². The number of ether oxygens (including phenoxy) is 1. The van der Waals surface area contributed by atoms with E-state index in [1.807, 2.05) is 65.6 Å². The summed E-state index contributed by atoms with van der Waals surface area (Å²) in [6.07, 6.45) is 0.311. The molecule has 0 radical (unpaired) electrons. The van der Waals surface area contributed by atoms with Crippen molar-refractivity contribution in [2.75, 3.05) is 39.8 Å². The average molecular weight is 432 g/mol. The molecular weight excluding hydrogens is 402 g/mol. The van der Waals surface area contributed by atoms with Gasteiger partial charge in [0.15, 0.2) is 0 Å². The largest absolute Gasteiger partial charge is 0.496 e. The standard InChI is InChI=1S/C26H29N3O3/c1-32-24-9-5-4-8-23(24)19-28-14-16-29(17-15-28)25(30)12-13-27-26(31)22-11-10-20-6-2-3-7-21(20)18-22/h2-11,18H,12-17,19H2,1H3,(H,27,31). The molecule has 1 aliphatic heterocycles. The van der Waals surface area contributed by atoms with Gasteiger partial charge in [-0.3, -0.25) is 14.5 Å². The number of hydrogen-bond acceptors (Lipinski definition) is 4. The lowest BCUT2D eigenvalue weighted by Gasteiger charge is -2.35. The number of rotatable bonds is 7. The third-order valence-corrected chi connectivity index (χ3v) is 5.95. The predicted molar refractivity (Wildman–Crippen MR) is 126 cm³/mol. The maximum atomic E-state index is 12.6. The summed E-state index contributed by atoms with van der Waals surface area (Å²) in [5.74, 6) is 0.832. The monoisotopic (exact) mass is 431 g/mol. The minimum absolute atomic E-state index is 0.0840. The Morgan fingerprint density at radius 2 is 1.62 bits per heavy atom. The molecule has 0 saturated carbocycles. The van der Waals surface area contributed by atoms with Gasteiger partial charge in [0.1, 0.15) is 5.75 Å². The van der Waals surface area contributed by atoms with Gasteiger partial charge in [-0.1, -0.05) is 48.5 Å². The van der Waals surface area contributed by atoms with Crippen molar-refractivity contribution >= 4 is 22.6 Å². The highest BCUT2D eigenvalue weighted by molar-refractivity contribution is 5.98. The number of benzene rings is 3. The number of piperazine rings is 1. The smallest absolute Gasteiger partial charge is 0.251 e. The van der Waals surface area contributed by atoms with Gasteiger partial charge in [0.05, 0.1) is 7.11 Å². The average Bonchev–Trinajstić information content (AvgIpc) is 2.84. The Labute approximate surface area is 188 Å². The van der Waals surface area contributed by atoms with Crippen LogP contribution < -0.4 is 10.1 Å². The van der Waals surface area contributed by atoms with Crippen molar-refractivity contribution < 1.29 is 14.3 Å². The summed E-state index contributed by atoms with van der Waals surface area (Å²) in [6.45, 7) is 4.21. The van der Waals surface area contributed by atoms with E-state index in [2.05, 4.69) is 16.3 Å². The first-order chi connectivity index (χ1) is 15.6. The van der Waals surface area contributed by atoms with Gasteiger partial charge in [-0.15, -0.1) is 0 Å². The number of nitrogens with one attached hydrogen (secondary N) is 1. The molecule has 1 fully saturated rings. The number of carbonyl (C=O) groups excluding carboxylic acids is 2. The molecule has 6 nitrogen and oxygen atoms in total. The van der Waals surface area contributed by atoms with E-state index in [0.29, 0.717) is 31.6 Å². The zero-order valence-electron chi connectivity index (χ0n) is 18.4. The molecule has 2 amide bonds. The van der Waals surface area contributed by atoms with Crippen molar-refractivity contribution in [3.63, 3.8) is 0 Å². The summed E-state index contributed by atoms with van der Waals surface area (Å²) >= 11 is 0. The molecule has 0 atom stereocenters. The predicted octanol–water partition coefficient (Wildman–Crippen LogP) is 3.31. The molecule has 0 aromatic heterocycles. The number of fused-ring (bicyclic) bond motifs is 1. The normalized spacial score (nSPS) is 14.3. The van der Waals surface area contributed by atoms with Crippen LogP contribution in [0.25, 0.3) is 10.8 Å². The quantitative estimate of drug-likeness (QED) is 0.624. The van der Waals surface area contributed by atoms with Crippen LogP contribution in [-0.4, -0.2) is 61.4 Å². The van der Waals surface area contributed by atoms with E-state index < -0.39 is 0 Å². The molecular formula is C26H29N3O3. The molecule has 3 aromatic rings. The Hall–Kier alpha value is -3.38. The number of para-hydroxylation sites is 1. The SMILES string of the molecule is COc1ccccc1CN1CCN(C(=O)CCNC(=O)c2ccc3ccccc3c2)CC1. The number of methoxy groups -OCH3 is 1. The van der Waals surface area contributed by atoms with Crippen molar-refractivity contribution in [3.05, 3.63) is 77.9 Å². The van der Waals surface area contributed by atoms with Crippen LogP contribution in [0.1, 0.15) is 22.3 Å². The molecule has 6 heteroatoms. The van der Waals surface area contributed by atoms with Gasteiger partial charge in [-0.25, -0.2) is 0 Å². The Morgan fingerprint density at radius 3 is 2.41 bits per heavy atom. The zero-order chi connectivity index (χ0) is 22.3. The van der Waals surface area contributed by atoms with Gasteiger partial charge in [0, 0.05) is 56.8 Å². The Morgan fingerprint density at radius 1 is 0.906 bits per heavy atom. The minimum Gasteiger partial charge on any atom is -0.496 e. The molecule has 1 N–H and O–H groups in total. The van der Waals surface area contributed by atoms with Crippen LogP contribution in [0.4, 0.5) is 0 Å². The number of nitrogens with zero attached hydrogens (tertiary/aromatic N) is 2. The van der Waals surface area contributed by atoms with E-state index >= 15 is 0 Å². The lowest BCUT2D eigenvalue weighted by Crippen LogP contribution is -2.48. The fourth-order valence-electron chi connectivity index (χ4n) is 4.10. The summed E-state index contributed by atoms with van der Waals surface area (Å²) in [5, 5.41) is 5.01. The highest BCUT2D eigenvalue weighted by atomic mass is 16.5. The van der Waals surface area contributed by atoms with Crippen LogP contribution in [0, 0.1) is 0 Å². The fraction of sp³-hybridized carbons (Fsp3) is 0.308. The van der Waals surface area contributed by atoms with E-state index in [-0.39, 0.29) is 11.8 Å². The van der Waals surface area contributed by atoms with E-state index in [1.165, 1.54) is 0 Å². The van der Waals surface area contributed by atoms with E-state index in [4.69, 9.17) is 4.74 Å². The van der Waals surface area contributed by atoms with Crippen LogP contribution in [0.5, 0.6) is 5.75 Å². The second-order valence-corrected chi connectivity index (χ2v) is 8.04. The molecule has 3 aromatic carbocycles. The first-order valence-electron chi connectivity index (χ1n) is 11.0. The van der Waals surface area contributed by atoms with Crippen molar-refractivity contribution in [3.8, 4) is 5.75 Å². The number of amides is 2. The highest BCUT2D eigenvalue weighted by Crippen LogP contribution is 2.20. The van der Waals surface area contributed by atoms with E-state index in [0.717, 1.165) is 41.7 Å². The van der Waals surface area contributed by atoms with Crippen LogP contribution in [0.2, 0.25) is 0 Å². The van der Waals surface area contributed by atoms with Gasteiger partial charge in [-0.2, -0.15) is 0 Å². The second-order valence-electron chi connectivity index (χ2n) is 8.04. The van der Waals surface area contributed by atoms with Gasteiger partial charge in [0.2, 0.25) is 5.91 Å². The van der Waals surface area contributed by atoms with Gasteiger partial charge in [0.25, 0.3) is 5.91 Å². The second kappa shape index (κ2) is 10.3. The Balaban J connectivity index is 1.21. The van der Waals surface area contributed by atoms with Crippen molar-refractivity contribution in [2.24, 2.45) is 0 Å². The first-order valence-corrected chi connectivity index (χ1v) is 11.0. The van der Waals surface area contributed by atoms with Crippen molar-refractivity contribution in [1.29, 1.82) is 0 Å². The molecule has 0 spiro atoms. The number of hydrogen-bond donors (Lipinski definition) is 1. The van der Waals surface area contributed by atoms with Gasteiger partial charge in [-0.05, 0) is 29.0 Å². The molecule has 166 valence electrons. The van der Waals surface area contributed by atoms with E-state index in [9.17, 15) is 9.59 Å². The zero-order valence-corrected chi connectivity index (χ0v) is 18.4. The highest BCUT2D eigenvalue weighted by Gasteiger charge is 2.21. The first kappa shape index (κ1) is 21.8. The third kappa shape index (κ3) is 5.26. The lowest BCUT2D eigenvalue weighted by molar-refractivity contribution is -0.132. The summed E-state index contributed by atoms with van der Waals surface area (Å²) < 4.78 is 5.44. The van der Waals surface area contributed by atoms with Crippen LogP contribution in [0.3, 0.4) is 0 Å². The molecule has 1 heterocycles. The third-order valence-electron chi connectivity index (χ3n) is 5.95. The summed E-state index contributed by atoms with van der Waals surface area (Å²) in [6, 6.07) is 21.6. The van der Waals surface area contributed by atoms with Crippen LogP contribution in [-0.2, 0) is 11.3 Å². The maximum absolute atomic E-state index is 12.6. The molecule has 1 saturated heterocycles. The molecule has 0 aliphatic carbocycles. The number of carbonyl (C=O) groups is 2. The van der Waals surface area contributed by atoms with Gasteiger partial charge < -0.3 is 15.0 Å². The lowest BCUT2D eigenvalue weighted by atomic mass is 10.1. The molecule has 4 rings (SSSR count). The fourth-order valence-corrected chi connectivity index (χ4v) is 4.10. The summed E-state index contributed by atoms with van der Waals surface area (Å²) in [7, 11) is 1.69.